The van der Waals surface area contributed by atoms with Gasteiger partial charge < -0.3 is 10.2 Å². The van der Waals surface area contributed by atoms with Crippen LogP contribution >= 0.6 is 11.8 Å². The zero-order valence-electron chi connectivity index (χ0n) is 14.7. The van der Waals surface area contributed by atoms with Gasteiger partial charge in [0.1, 0.15) is 6.04 Å². The van der Waals surface area contributed by atoms with Gasteiger partial charge in [0.15, 0.2) is 0 Å². The van der Waals surface area contributed by atoms with E-state index in [1.807, 2.05) is 60.7 Å². The number of nitrogens with zero attached hydrogens (tertiary/aromatic N) is 1. The Morgan fingerprint density at radius 3 is 2.27 bits per heavy atom. The molecular formula is C21H22N2O2S. The van der Waals surface area contributed by atoms with E-state index in [0.29, 0.717) is 12.2 Å². The molecule has 2 atom stereocenters. The van der Waals surface area contributed by atoms with E-state index >= 15 is 0 Å². The minimum absolute atomic E-state index is 0.0748. The highest BCUT2D eigenvalue weighted by atomic mass is 32.2. The fourth-order valence-electron chi connectivity index (χ4n) is 3.90. The third kappa shape index (κ3) is 3.01. The average molecular weight is 366 g/mol. The molecule has 2 aliphatic heterocycles. The second kappa shape index (κ2) is 6.80. The van der Waals surface area contributed by atoms with Gasteiger partial charge in [0.05, 0.1) is 10.9 Å². The number of rotatable bonds is 4. The van der Waals surface area contributed by atoms with Crippen molar-refractivity contribution in [3.63, 3.8) is 0 Å². The Morgan fingerprint density at radius 2 is 1.69 bits per heavy atom. The number of nitrogens with one attached hydrogen (secondary N) is 1. The van der Waals surface area contributed by atoms with E-state index in [1.165, 1.54) is 0 Å². The molecule has 2 aliphatic rings. The summed E-state index contributed by atoms with van der Waals surface area (Å²) in [5, 5.41) is 3.20. The van der Waals surface area contributed by atoms with Crippen LogP contribution in [0.3, 0.4) is 0 Å². The van der Waals surface area contributed by atoms with Crippen molar-refractivity contribution in [1.82, 2.24) is 10.2 Å². The lowest BCUT2D eigenvalue weighted by Crippen LogP contribution is -2.50. The van der Waals surface area contributed by atoms with Crippen LogP contribution in [0.5, 0.6) is 0 Å². The summed E-state index contributed by atoms with van der Waals surface area (Å²) in [6.07, 6.45) is 1.36. The van der Waals surface area contributed by atoms with Gasteiger partial charge in [-0.15, -0.1) is 11.8 Å². The summed E-state index contributed by atoms with van der Waals surface area (Å²) >= 11 is 1.72. The first kappa shape index (κ1) is 17.2. The number of benzene rings is 2. The van der Waals surface area contributed by atoms with Gasteiger partial charge in [-0.25, -0.2) is 0 Å². The fraction of sp³-hybridized carbons (Fsp3) is 0.333. The predicted octanol–water partition coefficient (Wildman–Crippen LogP) is 3.35. The quantitative estimate of drug-likeness (QED) is 0.903. The Kier molecular flexibility index (Phi) is 4.49. The van der Waals surface area contributed by atoms with E-state index < -0.39 is 6.04 Å². The zero-order chi connectivity index (χ0) is 18.1. The second-order valence-corrected chi connectivity index (χ2v) is 8.53. The Bertz CT molecular complexity index is 772. The average Bonchev–Trinajstić information content (AvgIpc) is 3.17. The van der Waals surface area contributed by atoms with Crippen molar-refractivity contribution in [2.45, 2.75) is 36.7 Å². The topological polar surface area (TPSA) is 49.4 Å². The molecule has 2 fully saturated rings. The molecule has 2 amide bonds. The van der Waals surface area contributed by atoms with E-state index in [4.69, 9.17) is 0 Å². The first-order valence-electron chi connectivity index (χ1n) is 8.95. The summed E-state index contributed by atoms with van der Waals surface area (Å²) in [5.74, 6) is 0.674. The van der Waals surface area contributed by atoms with Gasteiger partial charge in [0, 0.05) is 12.2 Å². The number of hydrogen-bond donors (Lipinski definition) is 1. The maximum atomic E-state index is 13.1. The van der Waals surface area contributed by atoms with Gasteiger partial charge >= 0.3 is 0 Å². The van der Waals surface area contributed by atoms with Crippen LogP contribution in [0.2, 0.25) is 0 Å². The highest BCUT2D eigenvalue weighted by Gasteiger charge is 2.53. The summed E-state index contributed by atoms with van der Waals surface area (Å²) in [7, 11) is 0. The smallest absolute Gasteiger partial charge is 0.244 e. The molecule has 0 spiro atoms. The summed E-state index contributed by atoms with van der Waals surface area (Å²) in [6, 6.07) is 19.3. The molecule has 4 rings (SSSR count). The van der Waals surface area contributed by atoms with Crippen molar-refractivity contribution in [1.29, 1.82) is 0 Å². The van der Waals surface area contributed by atoms with E-state index in [0.717, 1.165) is 17.5 Å². The minimum Gasteiger partial charge on any atom is -0.343 e. The number of fused-ring (bicyclic) bond motifs is 1. The normalized spacial score (nSPS) is 24.8. The van der Waals surface area contributed by atoms with Gasteiger partial charge in [0.25, 0.3) is 0 Å². The lowest BCUT2D eigenvalue weighted by Gasteiger charge is -2.31. The van der Waals surface area contributed by atoms with Crippen molar-refractivity contribution in [3.8, 4) is 0 Å². The van der Waals surface area contributed by atoms with Crippen molar-refractivity contribution < 1.29 is 9.59 Å². The molecule has 0 bridgehead atoms. The van der Waals surface area contributed by atoms with Crippen molar-refractivity contribution >= 4 is 23.6 Å². The molecule has 5 heteroatoms. The Hall–Kier alpha value is -2.27. The molecule has 0 unspecified atom stereocenters. The second-order valence-electron chi connectivity index (χ2n) is 7.03. The SMILES string of the molecule is C[C@@]12CCC(=O)N1[C@H](C(=O)NC(c1ccccc1)c1ccccc1)CS2. The van der Waals surface area contributed by atoms with Crippen LogP contribution in [0.4, 0.5) is 0 Å². The van der Waals surface area contributed by atoms with E-state index in [2.05, 4.69) is 12.2 Å². The van der Waals surface area contributed by atoms with Crippen LogP contribution in [0.25, 0.3) is 0 Å². The van der Waals surface area contributed by atoms with E-state index in [9.17, 15) is 9.59 Å². The first-order valence-corrected chi connectivity index (χ1v) is 9.93. The molecule has 134 valence electrons. The van der Waals surface area contributed by atoms with Crippen LogP contribution in [-0.4, -0.2) is 33.4 Å². The number of thioether (sulfide) groups is 1. The predicted molar refractivity (Wildman–Crippen MR) is 104 cm³/mol. The standard InChI is InChI=1S/C21H22N2O2S/c1-21-13-12-18(24)23(21)17(14-26-21)20(25)22-19(15-8-4-2-5-9-15)16-10-6-3-7-11-16/h2-11,17,19H,12-14H2,1H3,(H,22,25)/t17-,21+/m0/s1. The maximum Gasteiger partial charge on any atom is 0.244 e. The molecular weight excluding hydrogens is 344 g/mol. The zero-order valence-corrected chi connectivity index (χ0v) is 15.5. The number of amides is 2. The van der Waals surface area contributed by atoms with Crippen LogP contribution in [0.15, 0.2) is 60.7 Å². The molecule has 2 aromatic carbocycles. The molecule has 0 aromatic heterocycles. The van der Waals surface area contributed by atoms with Crippen LogP contribution < -0.4 is 5.32 Å². The fourth-order valence-corrected chi connectivity index (χ4v) is 5.34. The summed E-state index contributed by atoms with van der Waals surface area (Å²) in [6.45, 7) is 2.07. The van der Waals surface area contributed by atoms with Crippen molar-refractivity contribution in [2.75, 3.05) is 5.75 Å². The highest BCUT2D eigenvalue weighted by Crippen LogP contribution is 2.47. The third-order valence-corrected chi connectivity index (χ3v) is 6.81. The van der Waals surface area contributed by atoms with Gasteiger partial charge in [0.2, 0.25) is 11.8 Å². The molecule has 2 saturated heterocycles. The Morgan fingerprint density at radius 1 is 1.12 bits per heavy atom. The van der Waals surface area contributed by atoms with Crippen LogP contribution in [0.1, 0.15) is 36.9 Å². The molecule has 2 aromatic rings. The number of carbonyl (C=O) groups is 2. The first-order chi connectivity index (χ1) is 12.6. The van der Waals surface area contributed by atoms with E-state index in [1.54, 1.807) is 16.7 Å². The summed E-state index contributed by atoms with van der Waals surface area (Å²) < 4.78 is 0. The Labute approximate surface area is 158 Å². The molecule has 26 heavy (non-hydrogen) atoms. The van der Waals surface area contributed by atoms with Gasteiger partial charge in [-0.1, -0.05) is 60.7 Å². The lowest BCUT2D eigenvalue weighted by atomic mass is 9.98. The van der Waals surface area contributed by atoms with Gasteiger partial charge in [-0.3, -0.25) is 9.59 Å². The number of hydrogen-bond acceptors (Lipinski definition) is 3. The third-order valence-electron chi connectivity index (χ3n) is 5.30. The number of carbonyl (C=O) groups excluding carboxylic acids is 2. The van der Waals surface area contributed by atoms with Crippen molar-refractivity contribution in [3.05, 3.63) is 71.8 Å². The summed E-state index contributed by atoms with van der Waals surface area (Å²) in [4.78, 5) is 27.0. The molecule has 2 heterocycles. The monoisotopic (exact) mass is 366 g/mol. The maximum absolute atomic E-state index is 13.1. The van der Waals surface area contributed by atoms with Crippen LogP contribution in [0, 0.1) is 0 Å². The van der Waals surface area contributed by atoms with Gasteiger partial charge in [-0.05, 0) is 24.5 Å². The summed E-state index contributed by atoms with van der Waals surface area (Å²) in [5.41, 5.74) is 2.07. The Balaban J connectivity index is 1.60. The molecule has 4 nitrogen and oxygen atoms in total. The van der Waals surface area contributed by atoms with Crippen molar-refractivity contribution in [2.24, 2.45) is 0 Å². The van der Waals surface area contributed by atoms with Crippen LogP contribution in [-0.2, 0) is 9.59 Å². The highest BCUT2D eigenvalue weighted by molar-refractivity contribution is 8.01. The molecule has 1 N–H and O–H groups in total. The lowest BCUT2D eigenvalue weighted by molar-refractivity contribution is -0.138. The molecule has 0 radical (unpaired) electrons. The largest absolute Gasteiger partial charge is 0.343 e. The minimum atomic E-state index is -0.394. The molecule has 0 aliphatic carbocycles. The molecule has 0 saturated carbocycles. The van der Waals surface area contributed by atoms with E-state index in [-0.39, 0.29) is 22.7 Å². The van der Waals surface area contributed by atoms with Gasteiger partial charge in [-0.2, -0.15) is 0 Å².